The number of amides is 2. The molecule has 17 heavy (non-hydrogen) atoms. The van der Waals surface area contributed by atoms with Gasteiger partial charge in [-0.2, -0.15) is 0 Å². The Morgan fingerprint density at radius 2 is 1.88 bits per heavy atom. The Balaban J connectivity index is 2.53. The van der Waals surface area contributed by atoms with Crippen molar-refractivity contribution in [2.75, 3.05) is 19.6 Å². The molecule has 1 aliphatic heterocycles. The van der Waals surface area contributed by atoms with Crippen LogP contribution in [0.2, 0.25) is 0 Å². The molecule has 0 aliphatic carbocycles. The first-order chi connectivity index (χ1) is 8.06. The monoisotopic (exact) mass is 241 g/mol. The summed E-state index contributed by atoms with van der Waals surface area (Å²) in [5.41, 5.74) is 5.57. The molecule has 0 bridgehead atoms. The molecule has 0 aromatic heterocycles. The highest BCUT2D eigenvalue weighted by Crippen LogP contribution is 2.18. The molecule has 0 saturated carbocycles. The Hall–Kier alpha value is -0.770. The molecule has 1 saturated heterocycles. The van der Waals surface area contributed by atoms with Crippen LogP contribution in [0, 0.1) is 5.92 Å². The lowest BCUT2D eigenvalue weighted by molar-refractivity contribution is 0.159. The summed E-state index contributed by atoms with van der Waals surface area (Å²) in [5, 5.41) is 3.13. The molecular weight excluding hydrogens is 214 g/mol. The summed E-state index contributed by atoms with van der Waals surface area (Å²) in [6, 6.07) is 0.0612. The highest BCUT2D eigenvalue weighted by molar-refractivity contribution is 5.75. The van der Waals surface area contributed by atoms with Gasteiger partial charge in [0.15, 0.2) is 0 Å². The average Bonchev–Trinajstić information content (AvgIpc) is 2.37. The average molecular weight is 241 g/mol. The first-order valence-electron chi connectivity index (χ1n) is 6.84. The van der Waals surface area contributed by atoms with Gasteiger partial charge in [-0.1, -0.05) is 20.8 Å². The van der Waals surface area contributed by atoms with Gasteiger partial charge < -0.3 is 16.0 Å². The maximum Gasteiger partial charge on any atom is 0.317 e. The van der Waals surface area contributed by atoms with Crippen LogP contribution in [0.25, 0.3) is 0 Å². The van der Waals surface area contributed by atoms with Crippen LogP contribution in [0.1, 0.15) is 46.5 Å². The summed E-state index contributed by atoms with van der Waals surface area (Å²) in [5.74, 6) is 0.746. The number of likely N-dealkylation sites (tertiary alicyclic amines) is 1. The van der Waals surface area contributed by atoms with Crippen molar-refractivity contribution in [3.05, 3.63) is 0 Å². The van der Waals surface area contributed by atoms with E-state index in [0.717, 1.165) is 44.7 Å². The number of nitrogens with zero attached hydrogens (tertiary/aromatic N) is 1. The molecule has 1 fully saturated rings. The molecule has 2 amide bonds. The van der Waals surface area contributed by atoms with E-state index in [4.69, 9.17) is 5.73 Å². The smallest absolute Gasteiger partial charge is 0.317 e. The van der Waals surface area contributed by atoms with Gasteiger partial charge in [-0.15, -0.1) is 0 Å². The predicted octanol–water partition coefficient (Wildman–Crippen LogP) is 1.95. The van der Waals surface area contributed by atoms with Gasteiger partial charge >= 0.3 is 6.03 Å². The van der Waals surface area contributed by atoms with Crippen LogP contribution >= 0.6 is 0 Å². The van der Waals surface area contributed by atoms with Crippen molar-refractivity contribution >= 4 is 6.03 Å². The second kappa shape index (κ2) is 6.24. The molecule has 1 heterocycles. The highest BCUT2D eigenvalue weighted by Gasteiger charge is 2.29. The summed E-state index contributed by atoms with van der Waals surface area (Å²) >= 11 is 0. The highest BCUT2D eigenvalue weighted by atomic mass is 16.2. The standard InChI is InChI=1S/C13H27N3O/c1-4-13(5-2,10-14)15-12(17)16-8-6-11(3)7-9-16/h11H,4-10,14H2,1-3H3,(H,15,17). The fraction of sp³-hybridized carbons (Fsp3) is 0.923. The fourth-order valence-corrected chi connectivity index (χ4v) is 2.28. The lowest BCUT2D eigenvalue weighted by Crippen LogP contribution is -2.57. The molecule has 0 unspecified atom stereocenters. The van der Waals surface area contributed by atoms with Crippen LogP contribution in [0.5, 0.6) is 0 Å². The zero-order valence-corrected chi connectivity index (χ0v) is 11.5. The number of hydrogen-bond donors (Lipinski definition) is 2. The van der Waals surface area contributed by atoms with E-state index in [1.807, 2.05) is 4.90 Å². The molecule has 0 aromatic carbocycles. The van der Waals surface area contributed by atoms with E-state index < -0.39 is 0 Å². The Bertz CT molecular complexity index is 235. The minimum atomic E-state index is -0.222. The van der Waals surface area contributed by atoms with E-state index >= 15 is 0 Å². The van der Waals surface area contributed by atoms with Gasteiger partial charge in [-0.25, -0.2) is 4.79 Å². The third-order valence-corrected chi connectivity index (χ3v) is 4.19. The molecule has 4 heteroatoms. The fourth-order valence-electron chi connectivity index (χ4n) is 2.28. The maximum atomic E-state index is 12.2. The second-order valence-corrected chi connectivity index (χ2v) is 5.29. The summed E-state index contributed by atoms with van der Waals surface area (Å²) in [7, 11) is 0. The van der Waals surface area contributed by atoms with Gasteiger partial charge in [0.2, 0.25) is 0 Å². The molecular formula is C13H27N3O. The number of urea groups is 1. The summed E-state index contributed by atoms with van der Waals surface area (Å²) in [6.07, 6.45) is 3.99. The third-order valence-electron chi connectivity index (χ3n) is 4.19. The Kier molecular flexibility index (Phi) is 5.25. The Labute approximate surface area is 105 Å². The van der Waals surface area contributed by atoms with E-state index in [9.17, 15) is 4.79 Å². The van der Waals surface area contributed by atoms with Crippen LogP contribution in [0.4, 0.5) is 4.79 Å². The summed E-state index contributed by atoms with van der Waals surface area (Å²) in [4.78, 5) is 14.1. The zero-order valence-electron chi connectivity index (χ0n) is 11.5. The van der Waals surface area contributed by atoms with Crippen molar-refractivity contribution in [3.8, 4) is 0 Å². The number of piperidine rings is 1. The number of rotatable bonds is 4. The number of carbonyl (C=O) groups is 1. The third kappa shape index (κ3) is 3.60. The van der Waals surface area contributed by atoms with Gasteiger partial charge in [0.05, 0.1) is 5.54 Å². The van der Waals surface area contributed by atoms with Crippen molar-refractivity contribution in [1.82, 2.24) is 10.2 Å². The van der Waals surface area contributed by atoms with E-state index in [-0.39, 0.29) is 11.6 Å². The van der Waals surface area contributed by atoms with Gasteiger partial charge in [0, 0.05) is 19.6 Å². The molecule has 0 spiro atoms. The van der Waals surface area contributed by atoms with Gasteiger partial charge in [0.25, 0.3) is 0 Å². The van der Waals surface area contributed by atoms with Crippen molar-refractivity contribution in [1.29, 1.82) is 0 Å². The van der Waals surface area contributed by atoms with Crippen LogP contribution in [-0.2, 0) is 0 Å². The van der Waals surface area contributed by atoms with Crippen LogP contribution in [0.15, 0.2) is 0 Å². The molecule has 4 nitrogen and oxygen atoms in total. The number of hydrogen-bond acceptors (Lipinski definition) is 2. The predicted molar refractivity (Wildman–Crippen MR) is 70.9 cm³/mol. The molecule has 100 valence electrons. The van der Waals surface area contributed by atoms with Crippen molar-refractivity contribution < 1.29 is 4.79 Å². The second-order valence-electron chi connectivity index (χ2n) is 5.29. The SMILES string of the molecule is CCC(CC)(CN)NC(=O)N1CCC(C)CC1. The molecule has 3 N–H and O–H groups in total. The maximum absolute atomic E-state index is 12.2. The molecule has 0 atom stereocenters. The van der Waals surface area contributed by atoms with E-state index in [2.05, 4.69) is 26.1 Å². The summed E-state index contributed by atoms with van der Waals surface area (Å²) < 4.78 is 0. The lowest BCUT2D eigenvalue weighted by Gasteiger charge is -2.36. The lowest BCUT2D eigenvalue weighted by atomic mass is 9.93. The van der Waals surface area contributed by atoms with Gasteiger partial charge in [-0.3, -0.25) is 0 Å². The Morgan fingerprint density at radius 3 is 2.29 bits per heavy atom. The summed E-state index contributed by atoms with van der Waals surface area (Å²) in [6.45, 7) is 8.67. The number of nitrogens with one attached hydrogen (secondary N) is 1. The first-order valence-corrected chi connectivity index (χ1v) is 6.84. The van der Waals surface area contributed by atoms with Crippen LogP contribution < -0.4 is 11.1 Å². The minimum Gasteiger partial charge on any atom is -0.331 e. The number of carbonyl (C=O) groups excluding carboxylic acids is 1. The quantitative estimate of drug-likeness (QED) is 0.790. The molecule has 1 rings (SSSR count). The number of nitrogens with two attached hydrogens (primary N) is 1. The van der Waals surface area contributed by atoms with Crippen molar-refractivity contribution in [2.24, 2.45) is 11.7 Å². The van der Waals surface area contributed by atoms with Crippen LogP contribution in [-0.4, -0.2) is 36.1 Å². The van der Waals surface area contributed by atoms with Gasteiger partial charge in [-0.05, 0) is 31.6 Å². The zero-order chi connectivity index (χ0) is 12.9. The van der Waals surface area contributed by atoms with E-state index in [1.54, 1.807) is 0 Å². The van der Waals surface area contributed by atoms with E-state index in [0.29, 0.717) is 6.54 Å². The first kappa shape index (κ1) is 14.3. The van der Waals surface area contributed by atoms with E-state index in [1.165, 1.54) is 0 Å². The minimum absolute atomic E-state index is 0.0612. The van der Waals surface area contributed by atoms with Crippen LogP contribution in [0.3, 0.4) is 0 Å². The van der Waals surface area contributed by atoms with Crippen molar-refractivity contribution in [2.45, 2.75) is 52.0 Å². The van der Waals surface area contributed by atoms with Crippen molar-refractivity contribution in [3.63, 3.8) is 0 Å². The molecule has 0 radical (unpaired) electrons. The van der Waals surface area contributed by atoms with Gasteiger partial charge in [0.1, 0.15) is 0 Å². The topological polar surface area (TPSA) is 58.4 Å². The molecule has 0 aromatic rings. The molecule has 1 aliphatic rings. The largest absolute Gasteiger partial charge is 0.331 e. The Morgan fingerprint density at radius 1 is 1.35 bits per heavy atom. The normalized spacial score (nSPS) is 18.2.